The van der Waals surface area contributed by atoms with E-state index in [1.165, 1.54) is 0 Å². The van der Waals surface area contributed by atoms with E-state index < -0.39 is 0 Å². The zero-order valence-electron chi connectivity index (χ0n) is 16.7. The third-order valence-electron chi connectivity index (χ3n) is 6.31. The van der Waals surface area contributed by atoms with Crippen molar-refractivity contribution in [3.8, 4) is 0 Å². The van der Waals surface area contributed by atoms with Crippen molar-refractivity contribution in [1.82, 2.24) is 19.5 Å². The van der Waals surface area contributed by atoms with Crippen molar-refractivity contribution in [2.24, 2.45) is 5.92 Å². The van der Waals surface area contributed by atoms with Crippen molar-refractivity contribution in [3.05, 3.63) is 66.1 Å². The Hall–Kier alpha value is -3.22. The quantitative estimate of drug-likeness (QED) is 0.617. The van der Waals surface area contributed by atoms with Crippen LogP contribution in [0.15, 0.2) is 55.0 Å². The zero-order chi connectivity index (χ0) is 20.5. The second kappa shape index (κ2) is 7.89. The Kier molecular flexibility index (Phi) is 4.94. The van der Waals surface area contributed by atoms with Crippen LogP contribution in [0.3, 0.4) is 0 Å². The molecule has 2 saturated heterocycles. The SMILES string of the molecule is O=C(c1cnn2cccnc12)C1CC2CCCC(C1)N2C(=O)OCc1ccccc1. The monoisotopic (exact) mass is 404 g/mol. The van der Waals surface area contributed by atoms with Crippen LogP contribution in [0.5, 0.6) is 0 Å². The number of fused-ring (bicyclic) bond motifs is 3. The molecule has 1 aromatic carbocycles. The van der Waals surface area contributed by atoms with Gasteiger partial charge in [0.2, 0.25) is 0 Å². The van der Waals surface area contributed by atoms with E-state index in [1.807, 2.05) is 35.2 Å². The summed E-state index contributed by atoms with van der Waals surface area (Å²) in [6.45, 7) is 0.270. The number of benzene rings is 1. The molecule has 0 N–H and O–H groups in total. The fourth-order valence-corrected chi connectivity index (χ4v) is 4.91. The van der Waals surface area contributed by atoms with Gasteiger partial charge in [0, 0.05) is 30.4 Å². The standard InChI is InChI=1S/C23H24N4O3/c28-21(20-14-25-26-11-5-10-24-22(20)26)17-12-18-8-4-9-19(13-17)27(18)23(29)30-15-16-6-2-1-3-7-16/h1-3,5-7,10-11,14,17-19H,4,8-9,12-13,15H2. The van der Waals surface area contributed by atoms with Gasteiger partial charge < -0.3 is 9.64 Å². The fraction of sp³-hybridized carbons (Fsp3) is 0.391. The highest BCUT2D eigenvalue weighted by Gasteiger charge is 2.44. The van der Waals surface area contributed by atoms with E-state index >= 15 is 0 Å². The molecule has 0 spiro atoms. The Morgan fingerprint density at radius 3 is 2.60 bits per heavy atom. The molecule has 0 aliphatic carbocycles. The average Bonchev–Trinajstić information content (AvgIpc) is 3.21. The second-order valence-corrected chi connectivity index (χ2v) is 8.16. The van der Waals surface area contributed by atoms with Gasteiger partial charge in [-0.15, -0.1) is 0 Å². The Morgan fingerprint density at radius 1 is 1.07 bits per heavy atom. The third-order valence-corrected chi connectivity index (χ3v) is 6.31. The van der Waals surface area contributed by atoms with Crippen LogP contribution in [-0.4, -0.2) is 43.5 Å². The van der Waals surface area contributed by atoms with Crippen molar-refractivity contribution in [2.45, 2.75) is 50.8 Å². The van der Waals surface area contributed by atoms with E-state index in [0.29, 0.717) is 24.1 Å². The predicted octanol–water partition coefficient (Wildman–Crippen LogP) is 3.88. The number of aromatic nitrogens is 3. The molecule has 2 aliphatic rings. The maximum atomic E-state index is 13.3. The number of piperidine rings is 2. The van der Waals surface area contributed by atoms with Crippen LogP contribution in [0.25, 0.3) is 5.65 Å². The maximum absolute atomic E-state index is 13.3. The number of hydrogen-bond donors (Lipinski definition) is 0. The number of ether oxygens (including phenoxy) is 1. The van der Waals surface area contributed by atoms with Gasteiger partial charge in [-0.3, -0.25) is 4.79 Å². The van der Waals surface area contributed by atoms with Crippen LogP contribution in [-0.2, 0) is 11.3 Å². The van der Waals surface area contributed by atoms with E-state index in [1.54, 1.807) is 29.2 Å². The summed E-state index contributed by atoms with van der Waals surface area (Å²) in [5.41, 5.74) is 2.14. The van der Waals surface area contributed by atoms with Gasteiger partial charge in [-0.1, -0.05) is 30.3 Å². The lowest BCUT2D eigenvalue weighted by Gasteiger charge is -2.47. The van der Waals surface area contributed by atoms with Gasteiger partial charge in [-0.25, -0.2) is 14.3 Å². The number of amides is 1. The smallest absolute Gasteiger partial charge is 0.410 e. The lowest BCUT2D eigenvalue weighted by atomic mass is 9.76. The van der Waals surface area contributed by atoms with E-state index in [-0.39, 0.29) is 36.5 Å². The third kappa shape index (κ3) is 3.44. The minimum Gasteiger partial charge on any atom is -0.445 e. The molecule has 2 fully saturated rings. The molecule has 4 heterocycles. The molecule has 2 unspecified atom stereocenters. The number of hydrogen-bond acceptors (Lipinski definition) is 5. The first kappa shape index (κ1) is 18.8. The van der Waals surface area contributed by atoms with Crippen molar-refractivity contribution in [3.63, 3.8) is 0 Å². The van der Waals surface area contributed by atoms with Gasteiger partial charge in [0.15, 0.2) is 11.4 Å². The van der Waals surface area contributed by atoms with E-state index in [0.717, 1.165) is 24.8 Å². The topological polar surface area (TPSA) is 76.8 Å². The minimum atomic E-state index is -0.267. The van der Waals surface area contributed by atoms with E-state index in [9.17, 15) is 9.59 Å². The number of carbonyl (C=O) groups excluding carboxylic acids is 2. The highest BCUT2D eigenvalue weighted by molar-refractivity contribution is 6.02. The zero-order valence-corrected chi connectivity index (χ0v) is 16.7. The number of rotatable bonds is 4. The van der Waals surface area contributed by atoms with Crippen LogP contribution >= 0.6 is 0 Å². The molecule has 5 rings (SSSR count). The Bertz CT molecular complexity index is 1050. The van der Waals surface area contributed by atoms with Crippen molar-refractivity contribution in [2.75, 3.05) is 0 Å². The van der Waals surface area contributed by atoms with Crippen LogP contribution in [0, 0.1) is 5.92 Å². The molecular formula is C23H24N4O3. The summed E-state index contributed by atoms with van der Waals surface area (Å²) in [6.07, 6.45) is 9.05. The normalized spacial score (nSPS) is 23.3. The number of ketones is 1. The summed E-state index contributed by atoms with van der Waals surface area (Å²) in [5, 5.41) is 4.25. The van der Waals surface area contributed by atoms with Crippen LogP contribution in [0.2, 0.25) is 0 Å². The Balaban J connectivity index is 1.30. The van der Waals surface area contributed by atoms with E-state index in [4.69, 9.17) is 4.74 Å². The molecule has 1 amide bonds. The summed E-state index contributed by atoms with van der Waals surface area (Å²) in [7, 11) is 0. The van der Waals surface area contributed by atoms with Crippen molar-refractivity contribution >= 4 is 17.5 Å². The number of carbonyl (C=O) groups is 2. The molecule has 0 radical (unpaired) electrons. The molecule has 2 bridgehead atoms. The Labute approximate surface area is 174 Å². The summed E-state index contributed by atoms with van der Waals surface area (Å²) in [6, 6.07) is 11.6. The van der Waals surface area contributed by atoms with Gasteiger partial charge in [-0.2, -0.15) is 5.10 Å². The average molecular weight is 404 g/mol. The molecule has 0 saturated carbocycles. The summed E-state index contributed by atoms with van der Waals surface area (Å²) in [4.78, 5) is 32.3. The van der Waals surface area contributed by atoms with Gasteiger partial charge in [-0.05, 0) is 43.7 Å². The summed E-state index contributed by atoms with van der Waals surface area (Å²) < 4.78 is 7.24. The molecule has 7 heteroatoms. The first-order valence-corrected chi connectivity index (χ1v) is 10.5. The lowest BCUT2D eigenvalue weighted by Crippen LogP contribution is -2.55. The molecule has 2 aromatic heterocycles. The van der Waals surface area contributed by atoms with Crippen LogP contribution < -0.4 is 0 Å². The van der Waals surface area contributed by atoms with Gasteiger partial charge in [0.1, 0.15) is 6.61 Å². The van der Waals surface area contributed by atoms with Gasteiger partial charge in [0.05, 0.1) is 11.8 Å². The van der Waals surface area contributed by atoms with Crippen molar-refractivity contribution in [1.29, 1.82) is 0 Å². The van der Waals surface area contributed by atoms with Gasteiger partial charge in [0.25, 0.3) is 0 Å². The second-order valence-electron chi connectivity index (χ2n) is 8.16. The first-order valence-electron chi connectivity index (χ1n) is 10.5. The van der Waals surface area contributed by atoms with Gasteiger partial charge >= 0.3 is 6.09 Å². The van der Waals surface area contributed by atoms with E-state index in [2.05, 4.69) is 10.1 Å². The highest BCUT2D eigenvalue weighted by Crippen LogP contribution is 2.39. The maximum Gasteiger partial charge on any atom is 0.410 e. The minimum absolute atomic E-state index is 0.0459. The summed E-state index contributed by atoms with van der Waals surface area (Å²) in [5.74, 6) is -0.0358. The molecule has 30 heavy (non-hydrogen) atoms. The molecule has 7 nitrogen and oxygen atoms in total. The van der Waals surface area contributed by atoms with Crippen LogP contribution in [0.1, 0.15) is 48.0 Å². The Morgan fingerprint density at radius 2 is 1.83 bits per heavy atom. The number of Topliss-reactive ketones (excluding diaryl/α,β-unsaturated/α-hetero) is 1. The molecule has 2 atom stereocenters. The number of nitrogens with zero attached hydrogens (tertiary/aromatic N) is 4. The first-order chi connectivity index (χ1) is 14.7. The summed E-state index contributed by atoms with van der Waals surface area (Å²) >= 11 is 0. The van der Waals surface area contributed by atoms with Crippen molar-refractivity contribution < 1.29 is 14.3 Å². The lowest BCUT2D eigenvalue weighted by molar-refractivity contribution is 0.00475. The largest absolute Gasteiger partial charge is 0.445 e. The van der Waals surface area contributed by atoms with Crippen LogP contribution in [0.4, 0.5) is 4.79 Å². The molecular weight excluding hydrogens is 380 g/mol. The molecule has 3 aromatic rings. The fourth-order valence-electron chi connectivity index (χ4n) is 4.91. The molecule has 154 valence electrons. The molecule has 2 aliphatic heterocycles. The predicted molar refractivity (Wildman–Crippen MR) is 110 cm³/mol. The highest BCUT2D eigenvalue weighted by atomic mass is 16.6.